The fraction of sp³-hybridized carbons (Fsp3) is 0.333. The molecule has 2 heteroatoms. The van der Waals surface area contributed by atoms with Crippen molar-refractivity contribution in [2.24, 2.45) is 0 Å². The Hall–Kier alpha value is -1.53. The van der Waals surface area contributed by atoms with Gasteiger partial charge in [-0.3, -0.25) is 0 Å². The van der Waals surface area contributed by atoms with Crippen LogP contribution in [0.4, 0.5) is 5.69 Å². The number of allylic oxidation sites excluding steroid dienone is 1. The van der Waals surface area contributed by atoms with Crippen LogP contribution < -0.4 is 4.90 Å². The summed E-state index contributed by atoms with van der Waals surface area (Å²) in [5.74, 6) is 1.91. The summed E-state index contributed by atoms with van der Waals surface area (Å²) in [6.45, 7) is 1.80. The van der Waals surface area contributed by atoms with Crippen LogP contribution in [-0.4, -0.2) is 20.0 Å². The molecule has 1 aromatic carbocycles. The van der Waals surface area contributed by atoms with E-state index in [9.17, 15) is 4.79 Å². The van der Waals surface area contributed by atoms with Crippen molar-refractivity contribution < 1.29 is 4.79 Å². The maximum absolute atomic E-state index is 10.3. The van der Waals surface area contributed by atoms with Gasteiger partial charge in [-0.05, 0) is 24.6 Å². The smallest absolute Gasteiger partial charge is 0.123 e. The third kappa shape index (κ3) is 2.75. The molecule has 0 aliphatic carbocycles. The highest BCUT2D eigenvalue weighted by Crippen LogP contribution is 2.13. The summed E-state index contributed by atoms with van der Waals surface area (Å²) in [5, 5.41) is 0. The summed E-state index contributed by atoms with van der Waals surface area (Å²) >= 11 is 0. The molecular weight excluding hydrogens is 174 g/mol. The van der Waals surface area contributed by atoms with Crippen LogP contribution in [0.15, 0.2) is 29.8 Å². The largest absolute Gasteiger partial charge is 0.378 e. The second-order valence-electron chi connectivity index (χ2n) is 3.62. The number of benzene rings is 1. The van der Waals surface area contributed by atoms with Crippen molar-refractivity contribution in [1.29, 1.82) is 0 Å². The van der Waals surface area contributed by atoms with Gasteiger partial charge in [-0.15, -0.1) is 0 Å². The molecule has 0 amide bonds. The first-order valence-corrected chi connectivity index (χ1v) is 4.60. The topological polar surface area (TPSA) is 20.3 Å². The first kappa shape index (κ1) is 10.6. The molecule has 74 valence electrons. The molecule has 0 unspecified atom stereocenters. The van der Waals surface area contributed by atoms with Crippen molar-refractivity contribution in [3.63, 3.8) is 0 Å². The van der Waals surface area contributed by atoms with Gasteiger partial charge in [-0.2, -0.15) is 0 Å². The van der Waals surface area contributed by atoms with E-state index in [2.05, 4.69) is 0 Å². The summed E-state index contributed by atoms with van der Waals surface area (Å²) < 4.78 is 0. The minimum atomic E-state index is 0.692. The molecule has 0 heterocycles. The van der Waals surface area contributed by atoms with Crippen molar-refractivity contribution in [1.82, 2.24) is 0 Å². The fourth-order valence-electron chi connectivity index (χ4n) is 1.25. The van der Waals surface area contributed by atoms with Crippen LogP contribution in [0.5, 0.6) is 0 Å². The lowest BCUT2D eigenvalue weighted by atomic mass is 10.1. The Morgan fingerprint density at radius 2 is 1.86 bits per heavy atom. The van der Waals surface area contributed by atoms with Gasteiger partial charge in [0.15, 0.2) is 0 Å². The summed E-state index contributed by atoms with van der Waals surface area (Å²) in [6.07, 6.45) is 0.692. The van der Waals surface area contributed by atoms with Crippen LogP contribution in [0.1, 0.15) is 12.5 Å². The summed E-state index contributed by atoms with van der Waals surface area (Å²) in [4.78, 5) is 12.4. The summed E-state index contributed by atoms with van der Waals surface area (Å²) in [5.41, 5.74) is 3.06. The van der Waals surface area contributed by atoms with Crippen molar-refractivity contribution >= 4 is 11.6 Å². The van der Waals surface area contributed by atoms with Gasteiger partial charge >= 0.3 is 0 Å². The average molecular weight is 189 g/mol. The van der Waals surface area contributed by atoms with Crippen LogP contribution in [0.25, 0.3) is 0 Å². The van der Waals surface area contributed by atoms with E-state index in [1.54, 1.807) is 6.92 Å². The zero-order valence-electron chi connectivity index (χ0n) is 8.87. The van der Waals surface area contributed by atoms with E-state index in [1.165, 1.54) is 5.69 Å². The Kier molecular flexibility index (Phi) is 3.49. The second-order valence-corrected chi connectivity index (χ2v) is 3.62. The Balaban J connectivity index is 2.78. The third-order valence-corrected chi connectivity index (χ3v) is 2.10. The standard InChI is InChI=1S/C12H15NO/c1-10(9-14)8-11-4-6-12(7-5-11)13(2)3/h4-7H,8H2,1-3H3. The molecule has 0 aromatic heterocycles. The van der Waals surface area contributed by atoms with Gasteiger partial charge in [0.05, 0.1) is 0 Å². The maximum atomic E-state index is 10.3. The number of rotatable bonds is 3. The predicted octanol–water partition coefficient (Wildman–Crippen LogP) is 2.07. The number of hydrogen-bond acceptors (Lipinski definition) is 2. The summed E-state index contributed by atoms with van der Waals surface area (Å²) in [7, 11) is 4.01. The Bertz CT molecular complexity index is 345. The molecule has 14 heavy (non-hydrogen) atoms. The minimum absolute atomic E-state index is 0.692. The zero-order valence-corrected chi connectivity index (χ0v) is 8.87. The van der Waals surface area contributed by atoms with Crippen molar-refractivity contribution in [2.45, 2.75) is 13.3 Å². The van der Waals surface area contributed by atoms with Crippen LogP contribution >= 0.6 is 0 Å². The van der Waals surface area contributed by atoms with Gasteiger partial charge in [0.1, 0.15) is 5.94 Å². The lowest BCUT2D eigenvalue weighted by Crippen LogP contribution is -2.08. The lowest BCUT2D eigenvalue weighted by Gasteiger charge is -2.12. The average Bonchev–Trinajstić information content (AvgIpc) is 2.18. The monoisotopic (exact) mass is 189 g/mol. The maximum Gasteiger partial charge on any atom is 0.123 e. The number of hydrogen-bond donors (Lipinski definition) is 0. The summed E-state index contributed by atoms with van der Waals surface area (Å²) in [6, 6.07) is 8.17. The Morgan fingerprint density at radius 1 is 1.29 bits per heavy atom. The number of nitrogens with zero attached hydrogens (tertiary/aromatic N) is 1. The molecular formula is C12H15NO. The lowest BCUT2D eigenvalue weighted by molar-refractivity contribution is 0.566. The highest BCUT2D eigenvalue weighted by atomic mass is 16.1. The molecule has 0 fully saturated rings. The highest BCUT2D eigenvalue weighted by Gasteiger charge is 1.97. The SMILES string of the molecule is CC(=C=O)Cc1ccc(N(C)C)cc1. The molecule has 0 N–H and O–H groups in total. The van der Waals surface area contributed by atoms with Crippen molar-refractivity contribution in [2.75, 3.05) is 19.0 Å². The van der Waals surface area contributed by atoms with Crippen molar-refractivity contribution in [3.8, 4) is 0 Å². The van der Waals surface area contributed by atoms with Crippen LogP contribution in [-0.2, 0) is 11.2 Å². The van der Waals surface area contributed by atoms with E-state index in [4.69, 9.17) is 0 Å². The Labute approximate surface area is 84.9 Å². The second kappa shape index (κ2) is 4.64. The molecule has 0 atom stereocenters. The first-order valence-electron chi connectivity index (χ1n) is 4.60. The predicted molar refractivity (Wildman–Crippen MR) is 59.4 cm³/mol. The Morgan fingerprint density at radius 3 is 2.29 bits per heavy atom. The van der Waals surface area contributed by atoms with Gasteiger partial charge in [-0.25, -0.2) is 4.79 Å². The van der Waals surface area contributed by atoms with Gasteiger partial charge in [0.2, 0.25) is 0 Å². The number of carbonyl (C=O) groups excluding carboxylic acids is 1. The molecule has 1 aromatic rings. The molecule has 0 saturated carbocycles. The highest BCUT2D eigenvalue weighted by molar-refractivity contribution is 5.53. The molecule has 0 bridgehead atoms. The van der Waals surface area contributed by atoms with E-state index in [-0.39, 0.29) is 0 Å². The van der Waals surface area contributed by atoms with Gasteiger partial charge in [0, 0.05) is 31.8 Å². The van der Waals surface area contributed by atoms with Crippen LogP contribution in [0.3, 0.4) is 0 Å². The normalized spacial score (nSPS) is 9.36. The molecule has 0 aliphatic heterocycles. The third-order valence-electron chi connectivity index (χ3n) is 2.10. The number of anilines is 1. The quantitative estimate of drug-likeness (QED) is 0.678. The van der Waals surface area contributed by atoms with E-state index in [0.717, 1.165) is 11.1 Å². The van der Waals surface area contributed by atoms with E-state index in [1.807, 2.05) is 49.2 Å². The molecule has 1 rings (SSSR count). The molecule has 0 radical (unpaired) electrons. The first-order chi connectivity index (χ1) is 6.63. The fourth-order valence-corrected chi connectivity index (χ4v) is 1.25. The van der Waals surface area contributed by atoms with Gasteiger partial charge in [-0.1, -0.05) is 12.1 Å². The molecule has 0 saturated heterocycles. The van der Waals surface area contributed by atoms with E-state index < -0.39 is 0 Å². The van der Waals surface area contributed by atoms with E-state index in [0.29, 0.717) is 6.42 Å². The minimum Gasteiger partial charge on any atom is -0.378 e. The van der Waals surface area contributed by atoms with Gasteiger partial charge < -0.3 is 4.90 Å². The van der Waals surface area contributed by atoms with E-state index >= 15 is 0 Å². The van der Waals surface area contributed by atoms with Crippen molar-refractivity contribution in [3.05, 3.63) is 35.4 Å². The van der Waals surface area contributed by atoms with Gasteiger partial charge in [0.25, 0.3) is 0 Å². The molecule has 2 nitrogen and oxygen atoms in total. The van der Waals surface area contributed by atoms with Crippen LogP contribution in [0, 0.1) is 0 Å². The zero-order chi connectivity index (χ0) is 10.6. The van der Waals surface area contributed by atoms with Crippen LogP contribution in [0.2, 0.25) is 0 Å². The molecule has 0 aliphatic rings. The molecule has 0 spiro atoms.